The van der Waals surface area contributed by atoms with Gasteiger partial charge in [-0.05, 0) is 66.7 Å². The fraction of sp³-hybridized carbons (Fsp3) is 0.611. The monoisotopic (exact) mass is 701 g/mol. The predicted octanol–water partition coefficient (Wildman–Crippen LogP) is 3.20. The molecule has 1 aliphatic heterocycles. The van der Waals surface area contributed by atoms with E-state index >= 15 is 0 Å². The summed E-state index contributed by atoms with van der Waals surface area (Å²) >= 11 is 0. The molecule has 4 aliphatic rings. The van der Waals surface area contributed by atoms with Crippen molar-refractivity contribution in [1.29, 1.82) is 0 Å². The number of carboxylic acids is 1. The Hall–Kier alpha value is -3.23. The summed E-state index contributed by atoms with van der Waals surface area (Å²) in [5, 5.41) is 35.8. The van der Waals surface area contributed by atoms with Gasteiger partial charge in [-0.1, -0.05) is 39.0 Å². The van der Waals surface area contributed by atoms with Gasteiger partial charge >= 0.3 is 5.97 Å². The van der Waals surface area contributed by atoms with E-state index in [0.29, 0.717) is 45.9 Å². The highest BCUT2D eigenvalue weighted by atomic mass is 32.2. The van der Waals surface area contributed by atoms with Crippen LogP contribution < -0.4 is 15.0 Å². The Morgan fingerprint density at radius 3 is 2.49 bits per heavy atom. The Balaban J connectivity index is 1.46. The largest absolute Gasteiger partial charge is 0.496 e. The van der Waals surface area contributed by atoms with Crippen LogP contribution in [0.25, 0.3) is 11.1 Å². The van der Waals surface area contributed by atoms with Crippen LogP contribution in [0.2, 0.25) is 0 Å². The number of amides is 1. The third-order valence-electron chi connectivity index (χ3n) is 11.4. The van der Waals surface area contributed by atoms with Gasteiger partial charge in [0.05, 0.1) is 37.7 Å². The maximum absolute atomic E-state index is 14.1. The highest BCUT2D eigenvalue weighted by Crippen LogP contribution is 2.61. The second-order valence-corrected chi connectivity index (χ2v) is 17.1. The Labute approximate surface area is 289 Å². The number of carboxylic acid groups (broad SMARTS) is 1. The molecule has 8 atom stereocenters. The first-order chi connectivity index (χ1) is 23.0. The normalized spacial score (nSPS) is 28.4. The SMILES string of the molecule is COc1c(CN2O[C@@H](CO)C([C@H](C)O)[C@H]2C(=O)N[C@H]2C[C@@H]3C[C@H]([C@@H]2C)C3(C)C)cccc1-c1cc(C(=O)O)cc(N(C)CCS(C)(=O)=O)c1. The first-order valence-electron chi connectivity index (χ1n) is 16.9. The van der Waals surface area contributed by atoms with Crippen LogP contribution in [-0.2, 0) is 26.0 Å². The number of hydrogen-bond acceptors (Lipinski definition) is 10. The number of methoxy groups -OCH3 is 1. The second-order valence-electron chi connectivity index (χ2n) is 14.9. The maximum atomic E-state index is 14.1. The molecule has 3 saturated carbocycles. The van der Waals surface area contributed by atoms with E-state index in [1.54, 1.807) is 37.1 Å². The van der Waals surface area contributed by atoms with Gasteiger partial charge < -0.3 is 30.3 Å². The fourth-order valence-electron chi connectivity index (χ4n) is 8.37. The van der Waals surface area contributed by atoms with Crippen molar-refractivity contribution in [3.05, 3.63) is 47.5 Å². The van der Waals surface area contributed by atoms with Crippen LogP contribution in [0, 0.1) is 29.1 Å². The molecule has 3 aliphatic carbocycles. The molecule has 0 radical (unpaired) electrons. The average molecular weight is 702 g/mol. The summed E-state index contributed by atoms with van der Waals surface area (Å²) in [6.07, 6.45) is 1.47. The lowest BCUT2D eigenvalue weighted by Gasteiger charge is -2.62. The molecule has 12 nitrogen and oxygen atoms in total. The van der Waals surface area contributed by atoms with Crippen molar-refractivity contribution in [3.63, 3.8) is 0 Å². The summed E-state index contributed by atoms with van der Waals surface area (Å²) < 4.78 is 29.5. The number of sulfone groups is 1. The number of carbonyl (C=O) groups is 2. The molecular weight excluding hydrogens is 650 g/mol. The van der Waals surface area contributed by atoms with E-state index in [1.807, 2.05) is 6.07 Å². The molecule has 4 fully saturated rings. The molecule has 2 bridgehead atoms. The molecule has 2 aromatic rings. The summed E-state index contributed by atoms with van der Waals surface area (Å²) in [6.45, 7) is 8.27. The highest BCUT2D eigenvalue weighted by Gasteiger charge is 2.57. The number of fused-ring (bicyclic) bond motifs is 2. The van der Waals surface area contributed by atoms with Crippen molar-refractivity contribution in [2.75, 3.05) is 44.2 Å². The molecule has 2 aromatic carbocycles. The van der Waals surface area contributed by atoms with Gasteiger partial charge in [0.25, 0.3) is 0 Å². The van der Waals surface area contributed by atoms with Crippen molar-refractivity contribution in [2.24, 2.45) is 29.1 Å². The summed E-state index contributed by atoms with van der Waals surface area (Å²) in [4.78, 5) is 34.1. The van der Waals surface area contributed by atoms with Crippen molar-refractivity contribution < 1.29 is 42.9 Å². The van der Waals surface area contributed by atoms with Crippen molar-refractivity contribution >= 4 is 27.4 Å². The van der Waals surface area contributed by atoms with E-state index in [9.17, 15) is 33.3 Å². The van der Waals surface area contributed by atoms with Gasteiger partial charge in [-0.3, -0.25) is 9.63 Å². The van der Waals surface area contributed by atoms with Gasteiger partial charge in [-0.25, -0.2) is 13.2 Å². The Kier molecular flexibility index (Phi) is 10.7. The van der Waals surface area contributed by atoms with Crippen molar-refractivity contribution in [2.45, 2.75) is 71.4 Å². The van der Waals surface area contributed by atoms with Gasteiger partial charge in [0, 0.05) is 48.6 Å². The number of benzene rings is 2. The summed E-state index contributed by atoms with van der Waals surface area (Å²) in [7, 11) is -0.0349. The van der Waals surface area contributed by atoms with E-state index in [0.717, 1.165) is 12.7 Å². The average Bonchev–Trinajstić information content (AvgIpc) is 3.42. The third kappa shape index (κ3) is 7.46. The van der Waals surface area contributed by atoms with Gasteiger partial charge in [0.1, 0.15) is 27.7 Å². The molecule has 49 heavy (non-hydrogen) atoms. The zero-order valence-electron chi connectivity index (χ0n) is 29.4. The van der Waals surface area contributed by atoms with E-state index in [1.165, 1.54) is 30.7 Å². The number of aromatic carboxylic acids is 1. The molecule has 4 N–H and O–H groups in total. The third-order valence-corrected chi connectivity index (χ3v) is 12.3. The molecule has 1 unspecified atom stereocenters. The van der Waals surface area contributed by atoms with Gasteiger partial charge in [-0.2, -0.15) is 5.06 Å². The van der Waals surface area contributed by atoms with Crippen LogP contribution in [0.5, 0.6) is 5.75 Å². The van der Waals surface area contributed by atoms with Crippen LogP contribution >= 0.6 is 0 Å². The number of hydrogen-bond donors (Lipinski definition) is 4. The molecule has 13 heteroatoms. The van der Waals surface area contributed by atoms with E-state index in [-0.39, 0.29) is 48.4 Å². The van der Waals surface area contributed by atoms with Crippen molar-refractivity contribution in [1.82, 2.24) is 10.4 Å². The number of para-hydroxylation sites is 1. The Bertz CT molecular complexity index is 1660. The van der Waals surface area contributed by atoms with E-state index < -0.39 is 40.0 Å². The topological polar surface area (TPSA) is 166 Å². The smallest absolute Gasteiger partial charge is 0.335 e. The quantitative estimate of drug-likeness (QED) is 0.242. The molecule has 1 saturated heterocycles. The first kappa shape index (κ1) is 37.0. The first-order valence-corrected chi connectivity index (χ1v) is 19.0. The van der Waals surface area contributed by atoms with Crippen LogP contribution in [-0.4, -0.2) is 104 Å². The molecule has 1 amide bonds. The number of nitrogens with zero attached hydrogens (tertiary/aromatic N) is 2. The maximum Gasteiger partial charge on any atom is 0.335 e. The highest BCUT2D eigenvalue weighted by molar-refractivity contribution is 7.90. The summed E-state index contributed by atoms with van der Waals surface area (Å²) in [6, 6.07) is 9.33. The number of hydroxylamine groups is 2. The number of ether oxygens (including phenoxy) is 1. The number of rotatable bonds is 13. The second kappa shape index (κ2) is 14.2. The lowest BCUT2D eigenvalue weighted by atomic mass is 9.45. The molecule has 270 valence electrons. The number of aliphatic hydroxyl groups is 2. The molecule has 0 aromatic heterocycles. The molecular formula is C36H51N3O9S. The lowest BCUT2D eigenvalue weighted by Crippen LogP contribution is -2.62. The predicted molar refractivity (Wildman–Crippen MR) is 186 cm³/mol. The van der Waals surface area contributed by atoms with Gasteiger partial charge in [-0.15, -0.1) is 0 Å². The zero-order valence-corrected chi connectivity index (χ0v) is 30.2. The van der Waals surface area contributed by atoms with Crippen molar-refractivity contribution in [3.8, 4) is 16.9 Å². The number of carbonyl (C=O) groups excluding carboxylic acids is 1. The minimum atomic E-state index is -3.24. The number of anilines is 1. The van der Waals surface area contributed by atoms with Crippen LogP contribution in [0.1, 0.15) is 56.5 Å². The van der Waals surface area contributed by atoms with Crippen LogP contribution in [0.3, 0.4) is 0 Å². The minimum Gasteiger partial charge on any atom is -0.496 e. The summed E-state index contributed by atoms with van der Waals surface area (Å²) in [5.41, 5.74) is 2.57. The molecule has 1 heterocycles. The molecule has 0 spiro atoms. The number of nitrogens with one attached hydrogen (secondary N) is 1. The Morgan fingerprint density at radius 2 is 1.92 bits per heavy atom. The van der Waals surface area contributed by atoms with Crippen LogP contribution in [0.15, 0.2) is 36.4 Å². The standard InChI is InChI=1S/C36H51N3O9S/c1-20-28-16-25(36(28,3)4)17-29(20)37-34(42)32-31(21(2)41)30(19-40)48-39(32)18-22-9-8-10-27(33(22)47-6)23-13-24(35(43)44)15-26(14-23)38(5)11-12-49(7,45)46/h8-10,13-15,20-21,25,28-32,40-41H,11-12,16-19H2,1-7H3,(H,37,42)(H,43,44)/t20-,21-,25-,28+,29-,30-,31?,32-/m0/s1. The van der Waals surface area contributed by atoms with E-state index in [2.05, 4.69) is 26.1 Å². The van der Waals surface area contributed by atoms with Crippen LogP contribution in [0.4, 0.5) is 5.69 Å². The minimum absolute atomic E-state index is 0.00177. The fourth-order valence-corrected chi connectivity index (χ4v) is 8.98. The van der Waals surface area contributed by atoms with Gasteiger partial charge in [0.15, 0.2) is 0 Å². The lowest BCUT2D eigenvalue weighted by molar-refractivity contribution is -0.183. The van der Waals surface area contributed by atoms with E-state index in [4.69, 9.17) is 9.57 Å². The Morgan fingerprint density at radius 1 is 1.20 bits per heavy atom. The number of aliphatic hydroxyl groups excluding tert-OH is 2. The molecule has 6 rings (SSSR count). The zero-order chi connectivity index (χ0) is 36.0. The van der Waals surface area contributed by atoms with Gasteiger partial charge in [0.2, 0.25) is 5.91 Å². The summed E-state index contributed by atoms with van der Waals surface area (Å²) in [5.74, 6) is -0.391.